The molecule has 0 atom stereocenters. The topological polar surface area (TPSA) is 71.0 Å². The molecule has 0 saturated carbocycles. The first kappa shape index (κ1) is 12.9. The molecule has 1 rings (SSSR count). The average Bonchev–Trinajstić information content (AvgIpc) is 2.24. The summed E-state index contributed by atoms with van der Waals surface area (Å²) >= 11 is 0. The van der Waals surface area contributed by atoms with E-state index in [1.165, 1.54) is 0 Å². The summed E-state index contributed by atoms with van der Waals surface area (Å²) in [6.45, 7) is 3.55. The molecule has 0 bridgehead atoms. The van der Waals surface area contributed by atoms with E-state index in [9.17, 15) is 5.11 Å². The molecule has 1 saturated heterocycles. The number of hydrogen-bond donors (Lipinski definition) is 3. The third-order valence-electron chi connectivity index (χ3n) is 2.54. The fourth-order valence-corrected chi connectivity index (χ4v) is 1.56. The van der Waals surface area contributed by atoms with Crippen molar-refractivity contribution in [3.05, 3.63) is 0 Å². The Kier molecular flexibility index (Phi) is 6.12. The van der Waals surface area contributed by atoms with Crippen molar-refractivity contribution in [1.82, 2.24) is 5.32 Å². The summed E-state index contributed by atoms with van der Waals surface area (Å²) in [5.74, 6) is 0. The van der Waals surface area contributed by atoms with Crippen molar-refractivity contribution >= 4 is 0 Å². The molecule has 1 aliphatic rings. The Morgan fingerprint density at radius 2 is 2.00 bits per heavy atom. The molecule has 0 aliphatic carbocycles. The maximum absolute atomic E-state index is 10.1. The maximum Gasteiger partial charge on any atom is 0.0815 e. The monoisotopic (exact) mass is 219 g/mol. The van der Waals surface area contributed by atoms with Crippen molar-refractivity contribution in [1.29, 1.82) is 0 Å². The summed E-state index contributed by atoms with van der Waals surface area (Å²) in [6, 6.07) is 0. The van der Waals surface area contributed by atoms with Gasteiger partial charge in [-0.1, -0.05) is 0 Å². The zero-order valence-electron chi connectivity index (χ0n) is 9.07. The van der Waals surface area contributed by atoms with Crippen molar-refractivity contribution in [2.75, 3.05) is 46.1 Å². The molecule has 0 unspecified atom stereocenters. The minimum absolute atomic E-state index is 0.0568. The minimum atomic E-state index is -0.616. The largest absolute Gasteiger partial charge is 0.394 e. The summed E-state index contributed by atoms with van der Waals surface area (Å²) in [4.78, 5) is 0. The molecule has 5 heteroatoms. The van der Waals surface area contributed by atoms with Crippen molar-refractivity contribution in [3.8, 4) is 0 Å². The van der Waals surface area contributed by atoms with Gasteiger partial charge in [-0.15, -0.1) is 0 Å². The first-order valence-electron chi connectivity index (χ1n) is 5.46. The van der Waals surface area contributed by atoms with Gasteiger partial charge in [0.05, 0.1) is 25.4 Å². The van der Waals surface area contributed by atoms with Crippen LogP contribution >= 0.6 is 0 Å². The molecule has 1 aliphatic heterocycles. The third kappa shape index (κ3) is 5.44. The summed E-state index contributed by atoms with van der Waals surface area (Å²) in [5, 5.41) is 21.7. The predicted molar refractivity (Wildman–Crippen MR) is 55.8 cm³/mol. The zero-order chi connectivity index (χ0) is 11.0. The Balaban J connectivity index is 1.98. The molecule has 0 amide bonds. The van der Waals surface area contributed by atoms with E-state index in [2.05, 4.69) is 5.32 Å². The van der Waals surface area contributed by atoms with Gasteiger partial charge in [0.15, 0.2) is 0 Å². The SMILES string of the molecule is OCCOCCNCC1(O)CCOCC1. The summed E-state index contributed by atoms with van der Waals surface area (Å²) in [5.41, 5.74) is -0.616. The molecule has 0 radical (unpaired) electrons. The van der Waals surface area contributed by atoms with Gasteiger partial charge >= 0.3 is 0 Å². The highest BCUT2D eigenvalue weighted by Crippen LogP contribution is 2.18. The van der Waals surface area contributed by atoms with E-state index in [0.29, 0.717) is 52.4 Å². The lowest BCUT2D eigenvalue weighted by atomic mass is 9.94. The van der Waals surface area contributed by atoms with Crippen LogP contribution in [0.2, 0.25) is 0 Å². The second kappa shape index (κ2) is 7.14. The summed E-state index contributed by atoms with van der Waals surface area (Å²) < 4.78 is 10.3. The number of nitrogens with one attached hydrogen (secondary N) is 1. The van der Waals surface area contributed by atoms with Crippen LogP contribution in [0.5, 0.6) is 0 Å². The molecular formula is C10H21NO4. The average molecular weight is 219 g/mol. The van der Waals surface area contributed by atoms with Crippen LogP contribution in [-0.4, -0.2) is 61.9 Å². The molecule has 0 aromatic rings. The highest BCUT2D eigenvalue weighted by molar-refractivity contribution is 4.83. The van der Waals surface area contributed by atoms with Crippen molar-refractivity contribution in [2.45, 2.75) is 18.4 Å². The molecule has 3 N–H and O–H groups in total. The smallest absolute Gasteiger partial charge is 0.0815 e. The molecule has 0 aromatic heterocycles. The van der Waals surface area contributed by atoms with Gasteiger partial charge in [-0.3, -0.25) is 0 Å². The van der Waals surface area contributed by atoms with Gasteiger partial charge < -0.3 is 25.0 Å². The Morgan fingerprint density at radius 1 is 1.27 bits per heavy atom. The molecule has 0 aromatic carbocycles. The Morgan fingerprint density at radius 3 is 2.67 bits per heavy atom. The number of rotatable bonds is 7. The van der Waals surface area contributed by atoms with Crippen LogP contribution in [0, 0.1) is 0 Å². The van der Waals surface area contributed by atoms with Crippen LogP contribution in [-0.2, 0) is 9.47 Å². The second-order valence-corrected chi connectivity index (χ2v) is 3.85. The fourth-order valence-electron chi connectivity index (χ4n) is 1.56. The minimum Gasteiger partial charge on any atom is -0.394 e. The number of ether oxygens (including phenoxy) is 2. The van der Waals surface area contributed by atoms with Crippen LogP contribution in [0.15, 0.2) is 0 Å². The molecular weight excluding hydrogens is 198 g/mol. The van der Waals surface area contributed by atoms with E-state index in [4.69, 9.17) is 14.6 Å². The molecule has 0 spiro atoms. The van der Waals surface area contributed by atoms with Gasteiger partial charge in [-0.25, -0.2) is 0 Å². The second-order valence-electron chi connectivity index (χ2n) is 3.85. The lowest BCUT2D eigenvalue weighted by molar-refractivity contribution is -0.0620. The van der Waals surface area contributed by atoms with Gasteiger partial charge in [0.25, 0.3) is 0 Å². The number of aliphatic hydroxyl groups excluding tert-OH is 1. The lowest BCUT2D eigenvalue weighted by Crippen LogP contribution is -2.45. The number of aliphatic hydroxyl groups is 2. The standard InChI is InChI=1S/C10H21NO4/c12-4-8-15-7-3-11-9-10(13)1-5-14-6-2-10/h11-13H,1-9H2. The van der Waals surface area contributed by atoms with E-state index < -0.39 is 5.60 Å². The molecule has 1 heterocycles. The number of hydrogen-bond acceptors (Lipinski definition) is 5. The summed E-state index contributed by atoms with van der Waals surface area (Å²) in [7, 11) is 0. The normalized spacial score (nSPS) is 20.4. The van der Waals surface area contributed by atoms with Gasteiger partial charge in [-0.05, 0) is 0 Å². The molecule has 90 valence electrons. The highest BCUT2D eigenvalue weighted by Gasteiger charge is 2.28. The van der Waals surface area contributed by atoms with E-state index in [1.54, 1.807) is 0 Å². The van der Waals surface area contributed by atoms with E-state index in [-0.39, 0.29) is 6.61 Å². The van der Waals surface area contributed by atoms with E-state index in [0.717, 1.165) is 0 Å². The van der Waals surface area contributed by atoms with Crippen LogP contribution in [0.1, 0.15) is 12.8 Å². The maximum atomic E-state index is 10.1. The first-order chi connectivity index (χ1) is 7.27. The zero-order valence-corrected chi connectivity index (χ0v) is 9.07. The van der Waals surface area contributed by atoms with Crippen LogP contribution in [0.3, 0.4) is 0 Å². The Hall–Kier alpha value is -0.200. The van der Waals surface area contributed by atoms with Gasteiger partial charge in [-0.2, -0.15) is 0 Å². The van der Waals surface area contributed by atoms with Crippen molar-refractivity contribution < 1.29 is 19.7 Å². The van der Waals surface area contributed by atoms with Gasteiger partial charge in [0.1, 0.15) is 0 Å². The van der Waals surface area contributed by atoms with Crippen molar-refractivity contribution in [2.24, 2.45) is 0 Å². The fraction of sp³-hybridized carbons (Fsp3) is 1.00. The van der Waals surface area contributed by atoms with Gasteiger partial charge in [0, 0.05) is 39.1 Å². The van der Waals surface area contributed by atoms with Crippen molar-refractivity contribution in [3.63, 3.8) is 0 Å². The molecule has 1 fully saturated rings. The highest BCUT2D eigenvalue weighted by atomic mass is 16.5. The quantitative estimate of drug-likeness (QED) is 0.485. The predicted octanol–water partition coefficient (Wildman–Crippen LogP) is -0.874. The summed E-state index contributed by atoms with van der Waals surface area (Å²) in [6.07, 6.45) is 1.38. The Bertz CT molecular complexity index is 160. The molecule has 5 nitrogen and oxygen atoms in total. The lowest BCUT2D eigenvalue weighted by Gasteiger charge is -2.32. The van der Waals surface area contributed by atoms with Crippen LogP contribution in [0.4, 0.5) is 0 Å². The third-order valence-corrected chi connectivity index (χ3v) is 2.54. The Labute approximate surface area is 90.4 Å². The van der Waals surface area contributed by atoms with Crippen LogP contribution in [0.25, 0.3) is 0 Å². The van der Waals surface area contributed by atoms with Crippen LogP contribution < -0.4 is 5.32 Å². The first-order valence-corrected chi connectivity index (χ1v) is 5.46. The van der Waals surface area contributed by atoms with E-state index in [1.807, 2.05) is 0 Å². The van der Waals surface area contributed by atoms with E-state index >= 15 is 0 Å². The van der Waals surface area contributed by atoms with Gasteiger partial charge in [0.2, 0.25) is 0 Å². The molecule has 15 heavy (non-hydrogen) atoms.